The number of nitro benzene ring substituents is 1. The molecule has 1 heterocycles. The van der Waals surface area contributed by atoms with Crippen LogP contribution in [0.5, 0.6) is 0 Å². The molecule has 1 amide bonds. The molecule has 0 bridgehead atoms. The number of amides is 1. The van der Waals surface area contributed by atoms with Gasteiger partial charge in [-0.2, -0.15) is 0 Å². The normalized spacial score (nSPS) is 16.3. The van der Waals surface area contributed by atoms with Gasteiger partial charge in [-0.25, -0.2) is 4.79 Å². The summed E-state index contributed by atoms with van der Waals surface area (Å²) in [5.74, 6) is -1.07. The maximum Gasteiger partial charge on any atom is 0.340 e. The Balaban J connectivity index is 2.14. The molecule has 7 heteroatoms. The average molecular weight is 392 g/mol. The van der Waals surface area contributed by atoms with E-state index >= 15 is 0 Å². The van der Waals surface area contributed by atoms with Gasteiger partial charge in [0.25, 0.3) is 11.6 Å². The third kappa shape index (κ3) is 3.67. The highest BCUT2D eigenvalue weighted by molar-refractivity contribution is 6.16. The van der Waals surface area contributed by atoms with E-state index in [1.807, 2.05) is 37.3 Å². The Labute approximate surface area is 168 Å². The first kappa shape index (κ1) is 20.0. The number of ether oxygens (including phenoxy) is 1. The van der Waals surface area contributed by atoms with Crippen LogP contribution in [0.1, 0.15) is 31.0 Å². The summed E-state index contributed by atoms with van der Waals surface area (Å²) in [7, 11) is 1.24. The first-order valence-corrected chi connectivity index (χ1v) is 9.00. The summed E-state index contributed by atoms with van der Waals surface area (Å²) >= 11 is 0. The summed E-state index contributed by atoms with van der Waals surface area (Å²) in [4.78, 5) is 38.1. The highest BCUT2D eigenvalue weighted by Gasteiger charge is 2.39. The van der Waals surface area contributed by atoms with Crippen molar-refractivity contribution in [3.05, 3.63) is 92.7 Å². The summed E-state index contributed by atoms with van der Waals surface area (Å²) in [5.41, 5.74) is 1.62. The number of methoxy groups -OCH3 is 1. The molecule has 7 nitrogen and oxygen atoms in total. The van der Waals surface area contributed by atoms with Gasteiger partial charge in [-0.05, 0) is 31.6 Å². The van der Waals surface area contributed by atoms with Crippen LogP contribution >= 0.6 is 0 Å². The molecule has 0 radical (unpaired) electrons. The predicted octanol–water partition coefficient (Wildman–Crippen LogP) is 4.03. The molecule has 0 fully saturated rings. The van der Waals surface area contributed by atoms with E-state index in [0.717, 1.165) is 5.56 Å². The molecule has 2 aromatic carbocycles. The second-order valence-corrected chi connectivity index (χ2v) is 6.59. The fraction of sp³-hybridized carbons (Fsp3) is 0.182. The van der Waals surface area contributed by atoms with Gasteiger partial charge in [0.15, 0.2) is 0 Å². The van der Waals surface area contributed by atoms with E-state index in [-0.39, 0.29) is 28.4 Å². The zero-order valence-corrected chi connectivity index (χ0v) is 16.3. The molecular formula is C22H20N2O5. The molecule has 2 aromatic rings. The highest BCUT2D eigenvalue weighted by atomic mass is 16.6. The van der Waals surface area contributed by atoms with Crippen molar-refractivity contribution >= 4 is 23.6 Å². The minimum absolute atomic E-state index is 0.0754. The third-order valence-corrected chi connectivity index (χ3v) is 4.93. The molecule has 1 atom stereocenters. The Kier molecular flexibility index (Phi) is 5.59. The molecule has 148 valence electrons. The number of nitrogens with zero attached hydrogens (tertiary/aromatic N) is 2. The first-order chi connectivity index (χ1) is 13.9. The van der Waals surface area contributed by atoms with E-state index in [4.69, 9.17) is 4.74 Å². The Bertz CT molecular complexity index is 1040. The van der Waals surface area contributed by atoms with Crippen LogP contribution in [-0.2, 0) is 14.3 Å². The molecular weight excluding hydrogens is 372 g/mol. The largest absolute Gasteiger partial charge is 0.465 e. The molecule has 1 unspecified atom stereocenters. The number of allylic oxidation sites excluding steroid dienone is 1. The van der Waals surface area contributed by atoms with E-state index in [0.29, 0.717) is 5.70 Å². The lowest BCUT2D eigenvalue weighted by atomic mass is 10.0. The van der Waals surface area contributed by atoms with Crippen molar-refractivity contribution in [3.8, 4) is 0 Å². The molecule has 0 N–H and O–H groups in total. The molecule has 0 saturated carbocycles. The molecule has 0 aliphatic carbocycles. The Hall–Kier alpha value is -3.74. The van der Waals surface area contributed by atoms with Crippen LogP contribution < -0.4 is 0 Å². The average Bonchev–Trinajstić information content (AvgIpc) is 2.97. The van der Waals surface area contributed by atoms with E-state index in [1.54, 1.807) is 19.1 Å². The SMILES string of the molecule is COC(=O)C1=C(C)N(C(C)c2ccccc2)C(=O)/C1=C\c1ccccc1[N+](=O)[O-]. The summed E-state index contributed by atoms with van der Waals surface area (Å²) in [6, 6.07) is 15.1. The maximum atomic E-state index is 13.3. The van der Waals surface area contributed by atoms with Gasteiger partial charge >= 0.3 is 5.97 Å². The monoisotopic (exact) mass is 392 g/mol. The lowest BCUT2D eigenvalue weighted by molar-refractivity contribution is -0.385. The number of carbonyl (C=O) groups is 2. The Morgan fingerprint density at radius 3 is 2.38 bits per heavy atom. The summed E-state index contributed by atoms with van der Waals surface area (Å²) in [6.45, 7) is 3.53. The van der Waals surface area contributed by atoms with Gasteiger partial charge in [0.1, 0.15) is 0 Å². The fourth-order valence-corrected chi connectivity index (χ4v) is 3.48. The van der Waals surface area contributed by atoms with Crippen LogP contribution in [0.2, 0.25) is 0 Å². The van der Waals surface area contributed by atoms with Crippen molar-refractivity contribution in [2.45, 2.75) is 19.9 Å². The maximum absolute atomic E-state index is 13.3. The van der Waals surface area contributed by atoms with Crippen molar-refractivity contribution in [1.29, 1.82) is 0 Å². The molecule has 29 heavy (non-hydrogen) atoms. The number of nitro groups is 1. The van der Waals surface area contributed by atoms with Gasteiger partial charge in [-0.1, -0.05) is 42.5 Å². The first-order valence-electron chi connectivity index (χ1n) is 9.00. The second kappa shape index (κ2) is 8.10. The third-order valence-electron chi connectivity index (χ3n) is 4.93. The van der Waals surface area contributed by atoms with E-state index in [1.165, 1.54) is 30.2 Å². The minimum atomic E-state index is -0.663. The Morgan fingerprint density at radius 1 is 1.14 bits per heavy atom. The van der Waals surface area contributed by atoms with Crippen molar-refractivity contribution in [2.24, 2.45) is 0 Å². The van der Waals surface area contributed by atoms with Crippen molar-refractivity contribution in [2.75, 3.05) is 7.11 Å². The van der Waals surface area contributed by atoms with Crippen molar-refractivity contribution < 1.29 is 19.2 Å². The number of hydrogen-bond acceptors (Lipinski definition) is 5. The molecule has 0 aromatic heterocycles. The minimum Gasteiger partial charge on any atom is -0.465 e. The number of para-hydroxylation sites is 1. The summed E-state index contributed by atoms with van der Waals surface area (Å²) in [5, 5.41) is 11.3. The summed E-state index contributed by atoms with van der Waals surface area (Å²) in [6.07, 6.45) is 1.38. The van der Waals surface area contributed by atoms with Crippen LogP contribution in [0, 0.1) is 10.1 Å². The van der Waals surface area contributed by atoms with Crippen LogP contribution in [0.4, 0.5) is 5.69 Å². The number of rotatable bonds is 5. The Morgan fingerprint density at radius 2 is 1.76 bits per heavy atom. The molecule has 1 aliphatic rings. The fourth-order valence-electron chi connectivity index (χ4n) is 3.48. The van der Waals surface area contributed by atoms with E-state index < -0.39 is 16.8 Å². The molecule has 0 saturated heterocycles. The van der Waals surface area contributed by atoms with Gasteiger partial charge in [0.05, 0.1) is 34.8 Å². The number of carbonyl (C=O) groups excluding carboxylic acids is 2. The van der Waals surface area contributed by atoms with E-state index in [9.17, 15) is 19.7 Å². The molecule has 1 aliphatic heterocycles. The van der Waals surface area contributed by atoms with Gasteiger partial charge in [-0.15, -0.1) is 0 Å². The summed E-state index contributed by atoms with van der Waals surface area (Å²) < 4.78 is 4.88. The quantitative estimate of drug-likeness (QED) is 0.332. The van der Waals surface area contributed by atoms with Gasteiger partial charge < -0.3 is 9.64 Å². The topological polar surface area (TPSA) is 89.8 Å². The number of esters is 1. The smallest absolute Gasteiger partial charge is 0.340 e. The lowest BCUT2D eigenvalue weighted by Gasteiger charge is -2.26. The van der Waals surface area contributed by atoms with Crippen LogP contribution in [-0.4, -0.2) is 28.8 Å². The van der Waals surface area contributed by atoms with Gasteiger partial charge in [-0.3, -0.25) is 14.9 Å². The van der Waals surface area contributed by atoms with Gasteiger partial charge in [0, 0.05) is 11.8 Å². The zero-order chi connectivity index (χ0) is 21.1. The molecule has 3 rings (SSSR count). The van der Waals surface area contributed by atoms with Crippen molar-refractivity contribution in [3.63, 3.8) is 0 Å². The zero-order valence-electron chi connectivity index (χ0n) is 16.3. The van der Waals surface area contributed by atoms with E-state index in [2.05, 4.69) is 0 Å². The highest BCUT2D eigenvalue weighted by Crippen LogP contribution is 2.38. The predicted molar refractivity (Wildman–Crippen MR) is 107 cm³/mol. The number of benzene rings is 2. The van der Waals surface area contributed by atoms with Gasteiger partial charge in [0.2, 0.25) is 0 Å². The number of hydrogen-bond donors (Lipinski definition) is 0. The molecule has 0 spiro atoms. The van der Waals surface area contributed by atoms with Crippen LogP contribution in [0.15, 0.2) is 71.4 Å². The standard InChI is InChI=1S/C22H20N2O5/c1-14(16-9-5-4-6-10-16)23-15(2)20(22(26)29-3)18(21(23)25)13-17-11-7-8-12-19(17)24(27)28/h4-14H,1-3H3/b18-13-. The second-order valence-electron chi connectivity index (χ2n) is 6.59. The van der Waals surface area contributed by atoms with Crippen LogP contribution in [0.25, 0.3) is 6.08 Å². The van der Waals surface area contributed by atoms with Crippen molar-refractivity contribution in [1.82, 2.24) is 4.90 Å². The van der Waals surface area contributed by atoms with Crippen LogP contribution in [0.3, 0.4) is 0 Å². The lowest BCUT2D eigenvalue weighted by Crippen LogP contribution is -2.28.